The molecule has 0 saturated heterocycles. The van der Waals surface area contributed by atoms with Crippen LogP contribution in [0.25, 0.3) is 6.08 Å². The van der Waals surface area contributed by atoms with E-state index in [1.807, 2.05) is 0 Å². The number of hydrogen-bond acceptors (Lipinski definition) is 5. The molecule has 0 saturated carbocycles. The summed E-state index contributed by atoms with van der Waals surface area (Å²) < 4.78 is 59.5. The van der Waals surface area contributed by atoms with Gasteiger partial charge in [-0.1, -0.05) is 23.9 Å². The van der Waals surface area contributed by atoms with Crippen molar-refractivity contribution in [1.82, 2.24) is 0 Å². The first kappa shape index (κ1) is 21.7. The van der Waals surface area contributed by atoms with Crippen LogP contribution in [0.4, 0.5) is 23.2 Å². The number of amidine groups is 1. The standard InChI is InChI=1S/C20H16F4N2O3S/c1-28-14-6-2-12(3-7-14)10-16-18(27)26(20(25-16)30-11-17(21)22)13-4-8-15(9-5-13)29-19(23)24/h2-10,17,19H,11H2,1H3/b16-10-. The van der Waals surface area contributed by atoms with E-state index in [-0.39, 0.29) is 16.6 Å². The Hall–Kier alpha value is -3.01. The van der Waals surface area contributed by atoms with Crippen molar-refractivity contribution in [2.45, 2.75) is 13.0 Å². The first-order chi connectivity index (χ1) is 14.4. The highest BCUT2D eigenvalue weighted by atomic mass is 32.2. The summed E-state index contributed by atoms with van der Waals surface area (Å²) in [5.41, 5.74) is 1.02. The molecule has 0 aliphatic carbocycles. The largest absolute Gasteiger partial charge is 0.497 e. The average Bonchev–Trinajstić information content (AvgIpc) is 3.02. The van der Waals surface area contributed by atoms with Gasteiger partial charge in [0.25, 0.3) is 5.91 Å². The number of methoxy groups -OCH3 is 1. The fourth-order valence-electron chi connectivity index (χ4n) is 2.59. The summed E-state index contributed by atoms with van der Waals surface area (Å²) in [5, 5.41) is 0.0718. The van der Waals surface area contributed by atoms with Crippen molar-refractivity contribution in [3.8, 4) is 11.5 Å². The molecule has 158 valence electrons. The van der Waals surface area contributed by atoms with Crippen molar-refractivity contribution >= 4 is 34.6 Å². The number of carbonyl (C=O) groups excluding carboxylic acids is 1. The number of alkyl halides is 4. The lowest BCUT2D eigenvalue weighted by atomic mass is 10.2. The summed E-state index contributed by atoms with van der Waals surface area (Å²) >= 11 is 0.727. The van der Waals surface area contributed by atoms with Crippen LogP contribution in [0.1, 0.15) is 5.56 Å². The molecule has 0 fully saturated rings. The third-order valence-electron chi connectivity index (χ3n) is 3.91. The van der Waals surface area contributed by atoms with E-state index in [1.54, 1.807) is 24.3 Å². The van der Waals surface area contributed by atoms with Gasteiger partial charge in [0.1, 0.15) is 17.2 Å². The third kappa shape index (κ3) is 5.32. The molecule has 0 radical (unpaired) electrons. The molecule has 1 aliphatic heterocycles. The van der Waals surface area contributed by atoms with E-state index in [0.29, 0.717) is 17.0 Å². The molecule has 5 nitrogen and oxygen atoms in total. The van der Waals surface area contributed by atoms with Crippen LogP contribution in [-0.2, 0) is 4.79 Å². The van der Waals surface area contributed by atoms with Gasteiger partial charge in [0.15, 0.2) is 5.17 Å². The maximum Gasteiger partial charge on any atom is 0.387 e. The third-order valence-corrected chi connectivity index (χ3v) is 4.86. The molecule has 0 bridgehead atoms. The predicted molar refractivity (Wildman–Crippen MR) is 107 cm³/mol. The normalized spacial score (nSPS) is 15.3. The van der Waals surface area contributed by atoms with Crippen LogP contribution in [0.2, 0.25) is 0 Å². The van der Waals surface area contributed by atoms with Crippen molar-refractivity contribution in [3.05, 3.63) is 59.8 Å². The Morgan fingerprint density at radius 1 is 1.03 bits per heavy atom. The highest BCUT2D eigenvalue weighted by Gasteiger charge is 2.32. The molecule has 0 aromatic heterocycles. The maximum atomic E-state index is 12.9. The number of ether oxygens (including phenoxy) is 2. The molecular formula is C20H16F4N2O3S. The van der Waals surface area contributed by atoms with Crippen molar-refractivity contribution in [2.24, 2.45) is 4.99 Å². The fourth-order valence-corrected chi connectivity index (χ4v) is 3.35. The molecule has 0 N–H and O–H groups in total. The number of aliphatic imine (C=N–C) groups is 1. The molecule has 2 aromatic carbocycles. The van der Waals surface area contributed by atoms with Gasteiger partial charge in [-0.3, -0.25) is 9.69 Å². The highest BCUT2D eigenvalue weighted by Crippen LogP contribution is 2.31. The summed E-state index contributed by atoms with van der Waals surface area (Å²) in [4.78, 5) is 18.3. The number of anilines is 1. The number of amides is 1. The van der Waals surface area contributed by atoms with Crippen LogP contribution in [0.3, 0.4) is 0 Å². The zero-order chi connectivity index (χ0) is 21.7. The zero-order valence-electron chi connectivity index (χ0n) is 15.6. The molecule has 1 aliphatic rings. The molecule has 30 heavy (non-hydrogen) atoms. The van der Waals surface area contributed by atoms with Crippen LogP contribution in [0.15, 0.2) is 59.2 Å². The molecule has 0 atom stereocenters. The molecule has 0 spiro atoms. The lowest BCUT2D eigenvalue weighted by molar-refractivity contribution is -0.113. The number of carbonyl (C=O) groups is 1. The number of halogens is 4. The predicted octanol–water partition coefficient (Wildman–Crippen LogP) is 5.04. The fraction of sp³-hybridized carbons (Fsp3) is 0.200. The lowest BCUT2D eigenvalue weighted by Gasteiger charge is -2.18. The van der Waals surface area contributed by atoms with Gasteiger partial charge in [-0.15, -0.1) is 0 Å². The SMILES string of the molecule is COc1ccc(/C=C2\N=C(SCC(F)F)N(c3ccc(OC(F)F)cc3)C2=O)cc1. The number of thioether (sulfide) groups is 1. The van der Waals surface area contributed by atoms with Gasteiger partial charge < -0.3 is 9.47 Å². The quantitative estimate of drug-likeness (QED) is 0.447. The van der Waals surface area contributed by atoms with E-state index in [1.165, 1.54) is 37.5 Å². The van der Waals surface area contributed by atoms with E-state index in [4.69, 9.17) is 4.74 Å². The van der Waals surface area contributed by atoms with Gasteiger partial charge in [-0.25, -0.2) is 13.8 Å². The van der Waals surface area contributed by atoms with Gasteiger partial charge in [0.2, 0.25) is 6.43 Å². The Morgan fingerprint density at radius 3 is 2.23 bits per heavy atom. The second kappa shape index (κ2) is 9.66. The molecule has 0 unspecified atom stereocenters. The summed E-state index contributed by atoms with van der Waals surface area (Å²) in [7, 11) is 1.53. The summed E-state index contributed by atoms with van der Waals surface area (Å²) in [6.07, 6.45) is -1.06. The van der Waals surface area contributed by atoms with Crippen molar-refractivity contribution in [1.29, 1.82) is 0 Å². The number of benzene rings is 2. The van der Waals surface area contributed by atoms with Crippen LogP contribution in [0.5, 0.6) is 11.5 Å². The summed E-state index contributed by atoms with van der Waals surface area (Å²) in [6, 6.07) is 12.1. The van der Waals surface area contributed by atoms with Gasteiger partial charge in [-0.05, 0) is 48.0 Å². The minimum Gasteiger partial charge on any atom is -0.497 e. The van der Waals surface area contributed by atoms with Crippen molar-refractivity contribution in [2.75, 3.05) is 17.8 Å². The molecule has 3 rings (SSSR count). The van der Waals surface area contributed by atoms with Crippen molar-refractivity contribution in [3.63, 3.8) is 0 Å². The monoisotopic (exact) mass is 440 g/mol. The molecule has 10 heteroatoms. The first-order valence-corrected chi connectivity index (χ1v) is 9.60. The number of hydrogen-bond donors (Lipinski definition) is 0. The van der Waals surface area contributed by atoms with E-state index in [9.17, 15) is 22.4 Å². The molecular weight excluding hydrogens is 424 g/mol. The number of rotatable bonds is 7. The molecule has 1 amide bonds. The van der Waals surface area contributed by atoms with Gasteiger partial charge >= 0.3 is 6.61 Å². The Bertz CT molecular complexity index is 948. The smallest absolute Gasteiger partial charge is 0.387 e. The maximum absolute atomic E-state index is 12.9. The Morgan fingerprint density at radius 2 is 1.67 bits per heavy atom. The number of nitrogens with zero attached hydrogens (tertiary/aromatic N) is 2. The highest BCUT2D eigenvalue weighted by molar-refractivity contribution is 8.14. The Labute approximate surface area is 174 Å². The minimum atomic E-state index is -2.98. The van der Waals surface area contributed by atoms with Gasteiger partial charge in [-0.2, -0.15) is 8.78 Å². The Balaban J connectivity index is 1.89. The van der Waals surface area contributed by atoms with E-state index in [2.05, 4.69) is 9.73 Å². The topological polar surface area (TPSA) is 51.1 Å². The first-order valence-electron chi connectivity index (χ1n) is 8.62. The second-order valence-corrected chi connectivity index (χ2v) is 6.90. The molecule has 1 heterocycles. The summed E-state index contributed by atoms with van der Waals surface area (Å²) in [6.45, 7) is -2.98. The van der Waals surface area contributed by atoms with E-state index in [0.717, 1.165) is 16.7 Å². The minimum absolute atomic E-state index is 0.0600. The average molecular weight is 440 g/mol. The van der Waals surface area contributed by atoms with Gasteiger partial charge in [0, 0.05) is 0 Å². The van der Waals surface area contributed by atoms with Crippen LogP contribution in [0, 0.1) is 0 Å². The van der Waals surface area contributed by atoms with E-state index < -0.39 is 24.7 Å². The van der Waals surface area contributed by atoms with E-state index >= 15 is 0 Å². The van der Waals surface area contributed by atoms with Crippen molar-refractivity contribution < 1.29 is 31.8 Å². The molecule has 2 aromatic rings. The lowest BCUT2D eigenvalue weighted by Crippen LogP contribution is -2.30. The Kier molecular flexibility index (Phi) is 6.99. The van der Waals surface area contributed by atoms with Gasteiger partial charge in [0.05, 0.1) is 18.6 Å². The zero-order valence-corrected chi connectivity index (χ0v) is 16.4. The van der Waals surface area contributed by atoms with Crippen LogP contribution < -0.4 is 14.4 Å². The van der Waals surface area contributed by atoms with Crippen LogP contribution in [-0.4, -0.2) is 37.0 Å². The second-order valence-electron chi connectivity index (χ2n) is 5.91. The van der Waals surface area contributed by atoms with Crippen LogP contribution >= 0.6 is 11.8 Å². The summed E-state index contributed by atoms with van der Waals surface area (Å²) in [5.74, 6) is -0.525.